The van der Waals surface area contributed by atoms with Crippen LogP contribution < -0.4 is 0 Å². The molecule has 0 saturated carbocycles. The molecular formula is C56H33N3S. The van der Waals surface area contributed by atoms with E-state index in [9.17, 15) is 0 Å². The molecule has 278 valence electrons. The Labute approximate surface area is 351 Å². The van der Waals surface area contributed by atoms with Crippen molar-refractivity contribution in [1.82, 2.24) is 15.0 Å². The lowest BCUT2D eigenvalue weighted by Gasteiger charge is -2.40. The molecule has 0 fully saturated rings. The first-order chi connectivity index (χ1) is 29.7. The summed E-state index contributed by atoms with van der Waals surface area (Å²) in [5.41, 5.74) is 16.3. The maximum atomic E-state index is 5.45. The molecule has 4 heterocycles. The van der Waals surface area contributed by atoms with Crippen molar-refractivity contribution in [3.05, 3.63) is 222 Å². The van der Waals surface area contributed by atoms with Crippen LogP contribution >= 0.6 is 11.8 Å². The number of rotatable bonds is 3. The Kier molecular flexibility index (Phi) is 7.16. The van der Waals surface area contributed by atoms with Gasteiger partial charge in [0.05, 0.1) is 39.0 Å². The van der Waals surface area contributed by atoms with Crippen LogP contribution in [0.25, 0.3) is 88.4 Å². The van der Waals surface area contributed by atoms with Crippen LogP contribution in [0.4, 0.5) is 0 Å². The molecule has 60 heavy (non-hydrogen) atoms. The normalized spacial score (nSPS) is 13.4. The standard InChI is InChI=1S/C56H33N3S/c1-3-13-34(14-4-1)47-30-25-36-23-24-37-26-31-48(58-54(37)53(36)57-47)38-27-32-49-42(33-38)51-41(52(59-49)35-15-5-2-6-16-35)28-29-46-55(51)60-50-22-12-11-21-45(50)56(46)43-19-9-7-17-39(43)40-18-8-10-20-44(40)56/h1-33H. The van der Waals surface area contributed by atoms with Gasteiger partial charge in [0.1, 0.15) is 0 Å². The topological polar surface area (TPSA) is 38.7 Å². The molecule has 0 radical (unpaired) electrons. The van der Waals surface area contributed by atoms with Gasteiger partial charge in [0.15, 0.2) is 0 Å². The highest BCUT2D eigenvalue weighted by atomic mass is 32.2. The fraction of sp³-hybridized carbons (Fsp3) is 0.0179. The second-order valence-corrected chi connectivity index (χ2v) is 16.9. The van der Waals surface area contributed by atoms with Crippen LogP contribution in [0.5, 0.6) is 0 Å². The van der Waals surface area contributed by atoms with Gasteiger partial charge in [-0.1, -0.05) is 182 Å². The minimum absolute atomic E-state index is 0.481. The van der Waals surface area contributed by atoms with Gasteiger partial charge in [-0.3, -0.25) is 0 Å². The van der Waals surface area contributed by atoms with Crippen LogP contribution in [0.2, 0.25) is 0 Å². The summed E-state index contributed by atoms with van der Waals surface area (Å²) in [7, 11) is 0. The Bertz CT molecular complexity index is 3530. The van der Waals surface area contributed by atoms with E-state index in [4.69, 9.17) is 15.0 Å². The van der Waals surface area contributed by atoms with E-state index in [1.54, 1.807) is 0 Å². The van der Waals surface area contributed by atoms with E-state index in [-0.39, 0.29) is 0 Å². The van der Waals surface area contributed by atoms with Gasteiger partial charge in [0, 0.05) is 53.4 Å². The van der Waals surface area contributed by atoms with Gasteiger partial charge >= 0.3 is 0 Å². The quantitative estimate of drug-likeness (QED) is 0.167. The Morgan fingerprint density at radius 3 is 1.63 bits per heavy atom. The van der Waals surface area contributed by atoms with E-state index in [1.165, 1.54) is 48.6 Å². The van der Waals surface area contributed by atoms with Gasteiger partial charge in [0.2, 0.25) is 0 Å². The van der Waals surface area contributed by atoms with E-state index >= 15 is 0 Å². The zero-order valence-electron chi connectivity index (χ0n) is 32.3. The molecule has 11 aromatic rings. The number of aromatic nitrogens is 3. The number of benzene rings is 8. The average molecular weight is 780 g/mol. The molecule has 0 amide bonds. The molecule has 0 unspecified atom stereocenters. The summed E-state index contributed by atoms with van der Waals surface area (Å²) in [4.78, 5) is 18.6. The van der Waals surface area contributed by atoms with E-state index < -0.39 is 5.41 Å². The highest BCUT2D eigenvalue weighted by molar-refractivity contribution is 7.99. The number of nitrogens with zero attached hydrogens (tertiary/aromatic N) is 3. The SMILES string of the molecule is c1ccc(-c2ccc3ccc4ccc(-c5ccc6nc(-c7ccccc7)c7ccc8c(c7c6c5)Sc5ccccc5C85c6ccccc6-c6ccccc65)nc4c3n2)cc1. The first-order valence-corrected chi connectivity index (χ1v) is 21.3. The Morgan fingerprint density at radius 1 is 0.383 bits per heavy atom. The van der Waals surface area contributed by atoms with Crippen molar-refractivity contribution < 1.29 is 0 Å². The van der Waals surface area contributed by atoms with Gasteiger partial charge in [-0.15, -0.1) is 0 Å². The molecule has 13 rings (SSSR count). The van der Waals surface area contributed by atoms with Crippen molar-refractivity contribution in [2.24, 2.45) is 0 Å². The largest absolute Gasteiger partial charge is 0.247 e. The van der Waals surface area contributed by atoms with E-state index in [1.807, 2.05) is 17.8 Å². The summed E-state index contributed by atoms with van der Waals surface area (Å²) in [6.45, 7) is 0. The zero-order valence-corrected chi connectivity index (χ0v) is 33.1. The molecule has 4 heteroatoms. The molecule has 1 aliphatic heterocycles. The van der Waals surface area contributed by atoms with Crippen LogP contribution in [-0.2, 0) is 5.41 Å². The smallest absolute Gasteiger partial charge is 0.0972 e. The number of hydrogen-bond donors (Lipinski definition) is 0. The lowest BCUT2D eigenvalue weighted by atomic mass is 9.67. The Balaban J connectivity index is 1.10. The van der Waals surface area contributed by atoms with Crippen LogP contribution in [0.1, 0.15) is 22.3 Å². The molecule has 0 atom stereocenters. The molecule has 0 saturated heterocycles. The Hall–Kier alpha value is -7.40. The fourth-order valence-corrected chi connectivity index (χ4v) is 11.4. The number of pyridine rings is 3. The number of hydrogen-bond acceptors (Lipinski definition) is 4. The predicted molar refractivity (Wildman–Crippen MR) is 248 cm³/mol. The van der Waals surface area contributed by atoms with Crippen LogP contribution in [0, 0.1) is 0 Å². The van der Waals surface area contributed by atoms with Crippen LogP contribution in [-0.4, -0.2) is 15.0 Å². The highest BCUT2D eigenvalue weighted by Gasteiger charge is 2.50. The molecule has 1 aliphatic carbocycles. The van der Waals surface area contributed by atoms with Gasteiger partial charge < -0.3 is 0 Å². The molecule has 2 aliphatic rings. The molecule has 0 N–H and O–H groups in total. The summed E-state index contributed by atoms with van der Waals surface area (Å²) >= 11 is 1.89. The molecular weight excluding hydrogens is 747 g/mol. The molecule has 3 nitrogen and oxygen atoms in total. The second-order valence-electron chi connectivity index (χ2n) is 15.8. The van der Waals surface area contributed by atoms with Crippen LogP contribution in [0.15, 0.2) is 210 Å². The van der Waals surface area contributed by atoms with Crippen molar-refractivity contribution in [1.29, 1.82) is 0 Å². The van der Waals surface area contributed by atoms with E-state index in [0.717, 1.165) is 71.9 Å². The third-order valence-corrected chi connectivity index (χ3v) is 13.9. The van der Waals surface area contributed by atoms with Gasteiger partial charge in [0.25, 0.3) is 0 Å². The zero-order chi connectivity index (χ0) is 39.4. The lowest BCUT2D eigenvalue weighted by molar-refractivity contribution is 0.726. The van der Waals surface area contributed by atoms with Crippen molar-refractivity contribution in [3.8, 4) is 44.9 Å². The van der Waals surface area contributed by atoms with Gasteiger partial charge in [-0.2, -0.15) is 0 Å². The first-order valence-electron chi connectivity index (χ1n) is 20.4. The molecule has 1 spiro atoms. The molecule has 8 aromatic carbocycles. The van der Waals surface area contributed by atoms with E-state index in [2.05, 4.69) is 194 Å². The van der Waals surface area contributed by atoms with Gasteiger partial charge in [-0.25, -0.2) is 15.0 Å². The van der Waals surface area contributed by atoms with E-state index in [0.29, 0.717) is 0 Å². The maximum Gasteiger partial charge on any atom is 0.0972 e. The van der Waals surface area contributed by atoms with Crippen molar-refractivity contribution in [2.75, 3.05) is 0 Å². The number of fused-ring (bicyclic) bond motifs is 16. The minimum Gasteiger partial charge on any atom is -0.247 e. The summed E-state index contributed by atoms with van der Waals surface area (Å²) in [5, 5.41) is 5.61. The second kappa shape index (κ2) is 12.8. The lowest BCUT2D eigenvalue weighted by Crippen LogP contribution is -2.32. The van der Waals surface area contributed by atoms with Crippen molar-refractivity contribution in [3.63, 3.8) is 0 Å². The fourth-order valence-electron chi connectivity index (χ4n) is 10.1. The van der Waals surface area contributed by atoms with Gasteiger partial charge in [-0.05, 0) is 63.7 Å². The molecule has 0 bridgehead atoms. The third-order valence-electron chi connectivity index (χ3n) is 12.7. The highest BCUT2D eigenvalue weighted by Crippen LogP contribution is 2.63. The predicted octanol–water partition coefficient (Wildman–Crippen LogP) is 14.3. The summed E-state index contributed by atoms with van der Waals surface area (Å²) in [5.74, 6) is 0. The monoisotopic (exact) mass is 779 g/mol. The van der Waals surface area contributed by atoms with Crippen LogP contribution in [0.3, 0.4) is 0 Å². The third kappa shape index (κ3) is 4.71. The van der Waals surface area contributed by atoms with Crippen molar-refractivity contribution in [2.45, 2.75) is 15.2 Å². The summed E-state index contributed by atoms with van der Waals surface area (Å²) < 4.78 is 0. The summed E-state index contributed by atoms with van der Waals surface area (Å²) in [6.07, 6.45) is 0. The minimum atomic E-state index is -0.481. The Morgan fingerprint density at radius 2 is 0.950 bits per heavy atom. The average Bonchev–Trinajstić information content (AvgIpc) is 3.61. The maximum absolute atomic E-state index is 5.45. The molecule has 3 aromatic heterocycles. The van der Waals surface area contributed by atoms with Crippen molar-refractivity contribution >= 4 is 55.2 Å². The first kappa shape index (κ1) is 33.6. The summed E-state index contributed by atoms with van der Waals surface area (Å²) in [6, 6.07) is 72.4.